The third kappa shape index (κ3) is 3.17. The maximum absolute atomic E-state index is 5.87. The fourth-order valence-electron chi connectivity index (χ4n) is 4.39. The molecule has 0 unspecified atom stereocenters. The molecule has 0 saturated carbocycles. The van der Waals surface area contributed by atoms with Gasteiger partial charge >= 0.3 is 0 Å². The van der Waals surface area contributed by atoms with Gasteiger partial charge in [0.1, 0.15) is 24.6 Å². The summed E-state index contributed by atoms with van der Waals surface area (Å²) in [6.07, 6.45) is 3.19. The molecule has 0 saturated heterocycles. The first kappa shape index (κ1) is 18.9. The normalized spacial score (nSPS) is 13.0. The molecule has 0 aliphatic carbocycles. The molecule has 5 heteroatoms. The molecule has 158 valence electrons. The van der Waals surface area contributed by atoms with E-state index >= 15 is 0 Å². The third-order valence-corrected chi connectivity index (χ3v) is 6.10. The van der Waals surface area contributed by atoms with Crippen molar-refractivity contribution in [3.63, 3.8) is 0 Å². The van der Waals surface area contributed by atoms with Crippen molar-refractivity contribution in [2.45, 2.75) is 19.9 Å². The molecule has 0 aromatic heterocycles. The molecule has 0 spiro atoms. The van der Waals surface area contributed by atoms with Gasteiger partial charge in [-0.25, -0.2) is 0 Å². The molecule has 0 bridgehead atoms. The van der Waals surface area contributed by atoms with E-state index in [1.54, 1.807) is 0 Å². The minimum Gasteiger partial charge on any atom is -0.486 e. The fraction of sp³-hybridized carbons (Fsp3) is 0.185. The van der Waals surface area contributed by atoms with Gasteiger partial charge in [-0.05, 0) is 23.6 Å². The van der Waals surface area contributed by atoms with Gasteiger partial charge in [-0.2, -0.15) is 0 Å². The van der Waals surface area contributed by atoms with Crippen LogP contribution in [0.2, 0.25) is 0 Å². The summed E-state index contributed by atoms with van der Waals surface area (Å²) in [5.41, 5.74) is 7.50. The van der Waals surface area contributed by atoms with Crippen molar-refractivity contribution < 1.29 is 9.47 Å². The van der Waals surface area contributed by atoms with Crippen LogP contribution in [0.4, 0.5) is 0 Å². The Morgan fingerprint density at radius 3 is 2.28 bits per heavy atom. The molecule has 3 aliphatic rings. The number of aromatic nitrogens is 3. The summed E-state index contributed by atoms with van der Waals surface area (Å²) in [5, 5.41) is 10.2. The quantitative estimate of drug-likeness (QED) is 0.380. The van der Waals surface area contributed by atoms with Crippen molar-refractivity contribution in [2.75, 3.05) is 13.2 Å². The standard InChI is InChI=1S/C27H23N3O2/c1-2-18-8-10-20(11-9-18)26-22-17-30(16-19-6-4-3-5-7-19)23-15-25-24(31-12-13-32-25)14-21(23)27(22)29-28-26/h3-11,14-15,17H,2,12-13,16H2,1H3. The van der Waals surface area contributed by atoms with E-state index in [1.165, 1.54) is 11.1 Å². The predicted octanol–water partition coefficient (Wildman–Crippen LogP) is 5.59. The predicted molar refractivity (Wildman–Crippen MR) is 125 cm³/mol. The Hall–Kier alpha value is -3.86. The molecule has 0 fully saturated rings. The van der Waals surface area contributed by atoms with Crippen LogP contribution in [0.3, 0.4) is 0 Å². The number of hydrogen-bond donors (Lipinski definition) is 0. The largest absolute Gasteiger partial charge is 0.486 e. The molecule has 3 aliphatic heterocycles. The van der Waals surface area contributed by atoms with E-state index in [9.17, 15) is 0 Å². The van der Waals surface area contributed by atoms with Crippen LogP contribution in [0.15, 0.2) is 72.9 Å². The SMILES string of the molecule is CCc1ccc(-c2nnc3c4cc5c(cc4n(Cc4ccccc4)cc2-3)OCCO5)cc1. The summed E-state index contributed by atoms with van der Waals surface area (Å²) < 4.78 is 14.0. The van der Waals surface area contributed by atoms with Gasteiger partial charge in [-0.3, -0.25) is 0 Å². The lowest BCUT2D eigenvalue weighted by molar-refractivity contribution is 0.172. The summed E-state index contributed by atoms with van der Waals surface area (Å²) in [7, 11) is 0. The van der Waals surface area contributed by atoms with Gasteiger partial charge in [0, 0.05) is 35.3 Å². The van der Waals surface area contributed by atoms with E-state index in [2.05, 4.69) is 82.5 Å². The first-order chi connectivity index (χ1) is 15.8. The number of benzene rings is 3. The van der Waals surface area contributed by atoms with Crippen LogP contribution in [0.1, 0.15) is 18.1 Å². The number of rotatable bonds is 4. The molecule has 0 radical (unpaired) electrons. The Morgan fingerprint density at radius 2 is 1.53 bits per heavy atom. The molecule has 3 heterocycles. The maximum Gasteiger partial charge on any atom is 0.163 e. The number of nitrogens with zero attached hydrogens (tertiary/aromatic N) is 3. The highest BCUT2D eigenvalue weighted by Gasteiger charge is 2.23. The minimum atomic E-state index is 0.556. The van der Waals surface area contributed by atoms with Crippen LogP contribution in [-0.4, -0.2) is 28.0 Å². The van der Waals surface area contributed by atoms with Gasteiger partial charge in [0.25, 0.3) is 0 Å². The Balaban J connectivity index is 1.57. The van der Waals surface area contributed by atoms with Gasteiger partial charge in [0.05, 0.1) is 5.52 Å². The zero-order valence-electron chi connectivity index (χ0n) is 17.9. The molecule has 6 rings (SSSR count). The van der Waals surface area contributed by atoms with Crippen LogP contribution >= 0.6 is 0 Å². The van der Waals surface area contributed by atoms with E-state index in [-0.39, 0.29) is 0 Å². The molecule has 0 N–H and O–H groups in total. The fourth-order valence-corrected chi connectivity index (χ4v) is 4.39. The Morgan fingerprint density at radius 1 is 0.812 bits per heavy atom. The molecule has 3 aromatic rings. The van der Waals surface area contributed by atoms with Gasteiger partial charge in [0.15, 0.2) is 11.5 Å². The van der Waals surface area contributed by atoms with Crippen LogP contribution in [0.5, 0.6) is 11.5 Å². The smallest absolute Gasteiger partial charge is 0.163 e. The second-order valence-corrected chi connectivity index (χ2v) is 8.12. The molecular weight excluding hydrogens is 398 g/mol. The average Bonchev–Trinajstić information content (AvgIpc) is 3.28. The molecular formula is C27H23N3O2. The van der Waals surface area contributed by atoms with Crippen molar-refractivity contribution in [3.05, 3.63) is 84.1 Å². The van der Waals surface area contributed by atoms with Crippen LogP contribution in [0.25, 0.3) is 33.4 Å². The van der Waals surface area contributed by atoms with Crippen molar-refractivity contribution in [1.29, 1.82) is 0 Å². The van der Waals surface area contributed by atoms with E-state index in [0.29, 0.717) is 13.2 Å². The second-order valence-electron chi connectivity index (χ2n) is 8.12. The summed E-state index contributed by atoms with van der Waals surface area (Å²) in [4.78, 5) is 0. The molecule has 0 amide bonds. The van der Waals surface area contributed by atoms with E-state index in [1.807, 2.05) is 12.1 Å². The van der Waals surface area contributed by atoms with Crippen LogP contribution in [-0.2, 0) is 13.0 Å². The molecule has 5 nitrogen and oxygen atoms in total. The van der Waals surface area contributed by atoms with Gasteiger partial charge in [0.2, 0.25) is 0 Å². The lowest BCUT2D eigenvalue weighted by atomic mass is 10.00. The minimum absolute atomic E-state index is 0.556. The molecule has 0 atom stereocenters. The number of fused-ring (bicyclic) bond motifs is 4. The lowest BCUT2D eigenvalue weighted by Crippen LogP contribution is -2.15. The van der Waals surface area contributed by atoms with Crippen molar-refractivity contribution in [2.24, 2.45) is 0 Å². The zero-order chi connectivity index (χ0) is 21.5. The highest BCUT2D eigenvalue weighted by molar-refractivity contribution is 5.99. The second kappa shape index (κ2) is 7.68. The lowest BCUT2D eigenvalue weighted by Gasteiger charge is -2.21. The summed E-state index contributed by atoms with van der Waals surface area (Å²) >= 11 is 0. The van der Waals surface area contributed by atoms with Gasteiger partial charge < -0.3 is 14.0 Å². The first-order valence-electron chi connectivity index (χ1n) is 11.0. The number of ether oxygens (including phenoxy) is 2. The first-order valence-corrected chi connectivity index (χ1v) is 11.0. The van der Waals surface area contributed by atoms with Crippen LogP contribution < -0.4 is 9.47 Å². The van der Waals surface area contributed by atoms with Gasteiger partial charge in [-0.1, -0.05) is 61.5 Å². The molecule has 3 aromatic carbocycles. The third-order valence-electron chi connectivity index (χ3n) is 6.10. The monoisotopic (exact) mass is 421 g/mol. The van der Waals surface area contributed by atoms with E-state index in [4.69, 9.17) is 9.47 Å². The maximum atomic E-state index is 5.87. The summed E-state index contributed by atoms with van der Waals surface area (Å²) in [5.74, 6) is 1.54. The van der Waals surface area contributed by atoms with E-state index in [0.717, 1.165) is 57.9 Å². The van der Waals surface area contributed by atoms with Crippen molar-refractivity contribution in [1.82, 2.24) is 14.8 Å². The van der Waals surface area contributed by atoms with Crippen molar-refractivity contribution in [3.8, 4) is 34.0 Å². The topological polar surface area (TPSA) is 49.2 Å². The highest BCUT2D eigenvalue weighted by Crippen LogP contribution is 2.41. The number of hydrogen-bond acceptors (Lipinski definition) is 4. The Kier molecular flexibility index (Phi) is 4.53. The number of aryl methyl sites for hydroxylation is 1. The van der Waals surface area contributed by atoms with E-state index < -0.39 is 0 Å². The summed E-state index contributed by atoms with van der Waals surface area (Å²) in [6.45, 7) is 4.03. The summed E-state index contributed by atoms with van der Waals surface area (Å²) in [6, 6.07) is 23.2. The zero-order valence-corrected chi connectivity index (χ0v) is 17.9. The van der Waals surface area contributed by atoms with Crippen molar-refractivity contribution >= 4 is 10.9 Å². The number of pyridine rings is 1. The highest BCUT2D eigenvalue weighted by atomic mass is 16.6. The Bertz CT molecular complexity index is 1370. The Labute approximate surface area is 186 Å². The van der Waals surface area contributed by atoms with Crippen LogP contribution in [0, 0.1) is 0 Å². The average molecular weight is 422 g/mol. The van der Waals surface area contributed by atoms with Gasteiger partial charge in [-0.15, -0.1) is 10.2 Å². The molecule has 32 heavy (non-hydrogen) atoms.